The number of rotatable bonds is 15. The Bertz CT molecular complexity index is 2730. The molecule has 0 saturated heterocycles. The maximum Gasteiger partial charge on any atom is 0.203 e. The summed E-state index contributed by atoms with van der Waals surface area (Å²) in [5.41, 5.74) is 14.0. The number of aryl methyl sites for hydroxylation is 2. The van der Waals surface area contributed by atoms with Crippen LogP contribution in [0.4, 0.5) is 11.4 Å². The van der Waals surface area contributed by atoms with E-state index in [0.29, 0.717) is 0 Å². The first-order valence-corrected chi connectivity index (χ1v) is 22.9. The molecule has 62 heavy (non-hydrogen) atoms. The fourth-order valence-corrected chi connectivity index (χ4v) is 9.38. The molecule has 8 rings (SSSR count). The third kappa shape index (κ3) is 8.53. The molecule has 0 unspecified atom stereocenters. The molecule has 4 aliphatic rings. The van der Waals surface area contributed by atoms with Gasteiger partial charge in [-0.25, -0.2) is 9.15 Å². The number of unbranched alkanes of at least 4 members (excludes halogenated alkanes) is 3. The van der Waals surface area contributed by atoms with Crippen molar-refractivity contribution in [2.24, 2.45) is 0 Å². The molecular weight excluding hydrogens is 761 g/mol. The summed E-state index contributed by atoms with van der Waals surface area (Å²) in [7, 11) is 4.42. The number of anilines is 2. The lowest BCUT2D eigenvalue weighted by Gasteiger charge is -2.22. The van der Waals surface area contributed by atoms with E-state index in [-0.39, 0.29) is 0 Å². The topological polar surface area (TPSA) is 38.8 Å². The molecule has 6 heteroatoms. The van der Waals surface area contributed by atoms with E-state index in [0.717, 1.165) is 96.7 Å². The Kier molecular flexibility index (Phi) is 12.9. The molecule has 0 aromatic heterocycles. The minimum atomic E-state index is 0.922. The highest BCUT2D eigenvalue weighted by atomic mass is 16.3. The van der Waals surface area contributed by atoms with E-state index in [1.807, 2.05) is 0 Å². The Balaban J connectivity index is 1.00. The third-order valence-electron chi connectivity index (χ3n) is 13.1. The maximum atomic E-state index is 6.76. The summed E-state index contributed by atoms with van der Waals surface area (Å²) < 4.78 is 18.3. The Morgan fingerprint density at radius 1 is 0.435 bits per heavy atom. The highest BCUT2D eigenvalue weighted by Gasteiger charge is 2.22. The molecule has 0 atom stereocenters. The van der Waals surface area contributed by atoms with Crippen molar-refractivity contribution >= 4 is 33.3 Å². The van der Waals surface area contributed by atoms with Crippen molar-refractivity contribution < 1.29 is 8.83 Å². The average molecular weight is 825 g/mol. The zero-order chi connectivity index (χ0) is 43.3. The Labute approximate surface area is 368 Å². The van der Waals surface area contributed by atoms with E-state index in [4.69, 9.17) is 8.83 Å². The van der Waals surface area contributed by atoms with Gasteiger partial charge in [-0.2, -0.15) is 0 Å². The first kappa shape index (κ1) is 42.5. The minimum absolute atomic E-state index is 0.922. The van der Waals surface area contributed by atoms with Gasteiger partial charge in [0.15, 0.2) is 0 Å². The van der Waals surface area contributed by atoms with Crippen LogP contribution in [0.3, 0.4) is 0 Å². The fourth-order valence-electron chi connectivity index (χ4n) is 9.38. The van der Waals surface area contributed by atoms with Gasteiger partial charge in [0.05, 0.1) is 12.1 Å². The summed E-state index contributed by atoms with van der Waals surface area (Å²) in [6.45, 7) is 19.0. The normalized spacial score (nSPS) is 12.7. The van der Waals surface area contributed by atoms with E-state index < -0.39 is 0 Å². The molecule has 4 aromatic carbocycles. The minimum Gasteiger partial charge on any atom is -0.456 e. The number of hydrogen-bond donors (Lipinski definition) is 0. The van der Waals surface area contributed by atoms with Gasteiger partial charge in [0.25, 0.3) is 0 Å². The predicted molar refractivity (Wildman–Crippen MR) is 264 cm³/mol. The Hall–Kier alpha value is -6.14. The maximum absolute atomic E-state index is 6.76. The van der Waals surface area contributed by atoms with Crippen LogP contribution in [0, 0.1) is 13.8 Å². The van der Waals surface area contributed by atoms with Gasteiger partial charge in [-0.15, -0.1) is 0 Å². The van der Waals surface area contributed by atoms with E-state index in [2.05, 4.69) is 196 Å². The Morgan fingerprint density at radius 2 is 0.839 bits per heavy atom. The van der Waals surface area contributed by atoms with E-state index in [1.165, 1.54) is 68.3 Å². The van der Waals surface area contributed by atoms with Crippen LogP contribution in [0.2, 0.25) is 0 Å². The first-order chi connectivity index (χ1) is 30.2. The summed E-state index contributed by atoms with van der Waals surface area (Å²) in [5, 5.41) is 4.66. The molecule has 318 valence electrons. The molecule has 2 aliphatic carbocycles. The second-order valence-electron chi connectivity index (χ2n) is 16.9. The summed E-state index contributed by atoms with van der Waals surface area (Å²) in [4.78, 5) is 4.75. The van der Waals surface area contributed by atoms with Crippen LogP contribution in [0.5, 0.6) is 0 Å². The molecule has 0 N–H and O–H groups in total. The number of hydrogen-bond acceptors (Lipinski definition) is 4. The molecule has 0 saturated carbocycles. The van der Waals surface area contributed by atoms with Gasteiger partial charge in [-0.05, 0) is 113 Å². The Morgan fingerprint density at radius 3 is 1.23 bits per heavy atom. The number of benzene rings is 6. The number of nitrogens with zero attached hydrogens (tertiary/aromatic N) is 4. The van der Waals surface area contributed by atoms with E-state index in [9.17, 15) is 0 Å². The lowest BCUT2D eigenvalue weighted by atomic mass is 9.91. The average Bonchev–Trinajstić information content (AvgIpc) is 3.29. The molecule has 0 amide bonds. The van der Waals surface area contributed by atoms with Crippen molar-refractivity contribution in [2.45, 2.75) is 67.2 Å². The molecular formula is C56H64N4O2+2. The SMILES string of the molecule is CCN(CC)c1ccc2c(-c3ccccc3C)c3ccc(=[N+](C)CCCCCC[N+](C)=c4ccc5c(-c6ccccc6C)c6ccc(N(CC)CC)cc6oc-5c4)cc-3oc2c1. The second kappa shape index (κ2) is 18.9. The summed E-state index contributed by atoms with van der Waals surface area (Å²) in [5.74, 6) is 1.84. The smallest absolute Gasteiger partial charge is 0.203 e. The van der Waals surface area contributed by atoms with Crippen LogP contribution < -0.4 is 29.7 Å². The summed E-state index contributed by atoms with van der Waals surface area (Å²) >= 11 is 0. The van der Waals surface area contributed by atoms with Crippen molar-refractivity contribution in [3.05, 3.63) is 143 Å². The molecule has 2 heterocycles. The van der Waals surface area contributed by atoms with Gasteiger partial charge < -0.3 is 18.6 Å². The monoisotopic (exact) mass is 825 g/mol. The molecule has 6 nitrogen and oxygen atoms in total. The third-order valence-corrected chi connectivity index (χ3v) is 13.1. The van der Waals surface area contributed by atoms with Gasteiger partial charge >= 0.3 is 0 Å². The highest BCUT2D eigenvalue weighted by molar-refractivity contribution is 6.04. The zero-order valence-corrected chi connectivity index (χ0v) is 38.2. The van der Waals surface area contributed by atoms with Crippen molar-refractivity contribution in [3.63, 3.8) is 0 Å². The lowest BCUT2D eigenvalue weighted by molar-refractivity contribution is 0.543. The largest absolute Gasteiger partial charge is 0.456 e. The quantitative estimate of drug-likeness (QED) is 0.0586. The van der Waals surface area contributed by atoms with Gasteiger partial charge in [0.2, 0.25) is 10.7 Å². The van der Waals surface area contributed by atoms with Crippen LogP contribution in [-0.2, 0) is 0 Å². The molecule has 0 radical (unpaired) electrons. The molecule has 2 aliphatic heterocycles. The van der Waals surface area contributed by atoms with Crippen molar-refractivity contribution in [1.29, 1.82) is 0 Å². The highest BCUT2D eigenvalue weighted by Crippen LogP contribution is 2.43. The zero-order valence-electron chi connectivity index (χ0n) is 38.2. The van der Waals surface area contributed by atoms with Crippen molar-refractivity contribution in [3.8, 4) is 44.9 Å². The van der Waals surface area contributed by atoms with Crippen LogP contribution in [0.25, 0.3) is 66.8 Å². The van der Waals surface area contributed by atoms with Gasteiger partial charge in [0.1, 0.15) is 49.9 Å². The molecule has 0 spiro atoms. The molecule has 0 fully saturated rings. The molecule has 4 aromatic rings. The van der Waals surface area contributed by atoms with Crippen LogP contribution in [-0.4, -0.2) is 53.4 Å². The second-order valence-corrected chi connectivity index (χ2v) is 16.9. The standard InChI is InChI=1S/C56H64N4O2/c1-9-59(10-2)43-27-31-49-53(37-43)61-51-35-41(25-29-47(51)55(49)45-23-17-15-21-39(45)5)57(7)33-19-13-14-20-34-58(8)42-26-30-48-52(36-42)62-54-38-44(60(11-3)12-4)28-32-50(54)56(48)46-24-18-16-22-40(46)6/h15-18,21-32,35-38H,9-14,19-20,33-34H2,1-8H3/q+2. The van der Waals surface area contributed by atoms with Crippen molar-refractivity contribution in [1.82, 2.24) is 9.15 Å². The fraction of sp³-hybridized carbons (Fsp3) is 0.321. The molecule has 0 bridgehead atoms. The van der Waals surface area contributed by atoms with Gasteiger partial charge in [-0.3, -0.25) is 0 Å². The summed E-state index contributed by atoms with van der Waals surface area (Å²) in [6.07, 6.45) is 4.63. The first-order valence-electron chi connectivity index (χ1n) is 22.9. The van der Waals surface area contributed by atoms with E-state index >= 15 is 0 Å². The van der Waals surface area contributed by atoms with Crippen LogP contribution >= 0.6 is 0 Å². The number of fused-ring (bicyclic) bond motifs is 4. The van der Waals surface area contributed by atoms with Gasteiger partial charge in [-0.1, -0.05) is 48.5 Å². The van der Waals surface area contributed by atoms with Crippen molar-refractivity contribution in [2.75, 3.05) is 63.2 Å². The lowest BCUT2D eigenvalue weighted by Crippen LogP contribution is -2.27. The van der Waals surface area contributed by atoms with E-state index in [1.54, 1.807) is 0 Å². The van der Waals surface area contributed by atoms with Crippen LogP contribution in [0.1, 0.15) is 64.5 Å². The van der Waals surface area contributed by atoms with Crippen LogP contribution in [0.15, 0.2) is 130 Å². The summed E-state index contributed by atoms with van der Waals surface area (Å²) in [6, 6.07) is 44.3. The van der Waals surface area contributed by atoms with Gasteiger partial charge in [0, 0.05) is 108 Å². The predicted octanol–water partition coefficient (Wildman–Crippen LogP) is 12.1.